The van der Waals surface area contributed by atoms with E-state index < -0.39 is 0 Å². The molecule has 1 aromatic rings. The lowest BCUT2D eigenvalue weighted by Gasteiger charge is -2.15. The molecule has 0 atom stereocenters. The molecule has 0 heterocycles. The van der Waals surface area contributed by atoms with Gasteiger partial charge in [-0.15, -0.1) is 12.6 Å². The molecule has 0 bridgehead atoms. The van der Waals surface area contributed by atoms with Crippen LogP contribution >= 0.6 is 12.6 Å². The van der Waals surface area contributed by atoms with Crippen LogP contribution in [0.25, 0.3) is 0 Å². The van der Waals surface area contributed by atoms with E-state index in [1.807, 2.05) is 32.3 Å². The second kappa shape index (κ2) is 6.36. The summed E-state index contributed by atoms with van der Waals surface area (Å²) in [6.45, 7) is 7.67. The van der Waals surface area contributed by atoms with Crippen LogP contribution in [0.3, 0.4) is 0 Å². The molecular formula is C15H19NS. The van der Waals surface area contributed by atoms with Crippen LogP contribution in [0.1, 0.15) is 5.56 Å². The summed E-state index contributed by atoms with van der Waals surface area (Å²) >= 11 is 4.48. The van der Waals surface area contributed by atoms with Crippen LogP contribution in [-0.2, 0) is 6.42 Å². The van der Waals surface area contributed by atoms with Crippen LogP contribution in [0, 0.1) is 0 Å². The van der Waals surface area contributed by atoms with Crippen molar-refractivity contribution in [1.82, 2.24) is 0 Å². The second-order valence-corrected chi connectivity index (χ2v) is 4.62. The van der Waals surface area contributed by atoms with Crippen molar-refractivity contribution >= 4 is 18.3 Å². The van der Waals surface area contributed by atoms with Gasteiger partial charge in [-0.1, -0.05) is 37.0 Å². The lowest BCUT2D eigenvalue weighted by Crippen LogP contribution is -2.09. The number of nitrogens with zero attached hydrogens (tertiary/aromatic N) is 1. The van der Waals surface area contributed by atoms with Gasteiger partial charge in [-0.05, 0) is 30.2 Å². The highest BCUT2D eigenvalue weighted by atomic mass is 32.1. The lowest BCUT2D eigenvalue weighted by molar-refractivity contribution is 1.09. The largest absolute Gasteiger partial charge is 0.378 e. The van der Waals surface area contributed by atoms with Gasteiger partial charge in [-0.25, -0.2) is 0 Å². The fraction of sp³-hybridized carbons (Fsp3) is 0.200. The molecule has 0 aliphatic rings. The third kappa shape index (κ3) is 4.16. The summed E-state index contributed by atoms with van der Waals surface area (Å²) < 4.78 is 0. The highest BCUT2D eigenvalue weighted by molar-refractivity contribution is 7.80. The summed E-state index contributed by atoms with van der Waals surface area (Å²) in [4.78, 5) is 3.09. The Bertz CT molecular complexity index is 444. The Kier molecular flexibility index (Phi) is 5.11. The molecule has 0 amide bonds. The summed E-state index contributed by atoms with van der Waals surface area (Å²) in [6.07, 6.45) is 6.44. The van der Waals surface area contributed by atoms with E-state index in [2.05, 4.69) is 42.8 Å². The molecule has 0 N–H and O–H groups in total. The number of hydrogen-bond acceptors (Lipinski definition) is 2. The van der Waals surface area contributed by atoms with E-state index in [4.69, 9.17) is 0 Å². The average Bonchev–Trinajstić information content (AvgIpc) is 2.29. The fourth-order valence-electron chi connectivity index (χ4n) is 1.50. The van der Waals surface area contributed by atoms with Crippen LogP contribution in [0.4, 0.5) is 5.69 Å². The van der Waals surface area contributed by atoms with Crippen molar-refractivity contribution in [3.05, 3.63) is 60.7 Å². The Morgan fingerprint density at radius 2 is 2.12 bits per heavy atom. The van der Waals surface area contributed by atoms with Crippen molar-refractivity contribution in [2.75, 3.05) is 19.0 Å². The first-order valence-corrected chi connectivity index (χ1v) is 5.95. The average molecular weight is 245 g/mol. The molecule has 0 aliphatic heterocycles. The van der Waals surface area contributed by atoms with Gasteiger partial charge in [0.1, 0.15) is 0 Å². The maximum atomic E-state index is 4.48. The number of allylic oxidation sites excluding steroid dienone is 4. The standard InChI is InChI=1S/C15H19NS/c1-5-6-7-12(2)10-13-11-14(16(3)4)8-9-15(13)17/h5-9,11,17H,1-2,10H2,3-4H3/b7-6-. The van der Waals surface area contributed by atoms with Gasteiger partial charge in [0.25, 0.3) is 0 Å². The SMILES string of the molecule is C=C/C=C\C(=C)Cc1cc(N(C)C)ccc1S. The van der Waals surface area contributed by atoms with Crippen LogP contribution < -0.4 is 4.90 Å². The molecule has 1 nitrogen and oxygen atoms in total. The van der Waals surface area contributed by atoms with Crippen molar-refractivity contribution in [1.29, 1.82) is 0 Å². The zero-order chi connectivity index (χ0) is 12.8. The van der Waals surface area contributed by atoms with E-state index in [-0.39, 0.29) is 0 Å². The van der Waals surface area contributed by atoms with E-state index in [0.717, 1.165) is 16.9 Å². The highest BCUT2D eigenvalue weighted by Crippen LogP contribution is 2.23. The highest BCUT2D eigenvalue weighted by Gasteiger charge is 2.03. The Hall–Kier alpha value is -1.41. The Morgan fingerprint density at radius 1 is 1.41 bits per heavy atom. The molecule has 0 spiro atoms. The van der Waals surface area contributed by atoms with E-state index in [1.165, 1.54) is 11.3 Å². The maximum absolute atomic E-state index is 4.48. The van der Waals surface area contributed by atoms with Gasteiger partial charge in [0, 0.05) is 24.7 Å². The van der Waals surface area contributed by atoms with E-state index >= 15 is 0 Å². The smallest absolute Gasteiger partial charge is 0.0364 e. The van der Waals surface area contributed by atoms with Gasteiger partial charge >= 0.3 is 0 Å². The molecule has 17 heavy (non-hydrogen) atoms. The molecular weight excluding hydrogens is 226 g/mol. The number of rotatable bonds is 5. The van der Waals surface area contributed by atoms with E-state index in [0.29, 0.717) is 0 Å². The summed E-state index contributed by atoms with van der Waals surface area (Å²) in [6, 6.07) is 6.24. The molecule has 1 rings (SSSR count). The Balaban J connectivity index is 2.89. The molecule has 0 aliphatic carbocycles. The molecule has 0 saturated heterocycles. The van der Waals surface area contributed by atoms with Crippen LogP contribution in [0.5, 0.6) is 0 Å². The summed E-state index contributed by atoms with van der Waals surface area (Å²) in [5.41, 5.74) is 3.42. The van der Waals surface area contributed by atoms with Crippen LogP contribution in [-0.4, -0.2) is 14.1 Å². The number of anilines is 1. The van der Waals surface area contributed by atoms with Gasteiger partial charge in [-0.2, -0.15) is 0 Å². The molecule has 1 aromatic carbocycles. The quantitative estimate of drug-likeness (QED) is 0.608. The van der Waals surface area contributed by atoms with Gasteiger partial charge in [0.05, 0.1) is 0 Å². The summed E-state index contributed by atoms with van der Waals surface area (Å²) in [5.74, 6) is 0. The van der Waals surface area contributed by atoms with Crippen molar-refractivity contribution < 1.29 is 0 Å². The van der Waals surface area contributed by atoms with E-state index in [1.54, 1.807) is 6.08 Å². The van der Waals surface area contributed by atoms with Gasteiger partial charge < -0.3 is 4.90 Å². The minimum Gasteiger partial charge on any atom is -0.378 e. The minimum atomic E-state index is 0.810. The fourth-order valence-corrected chi connectivity index (χ4v) is 1.72. The topological polar surface area (TPSA) is 3.24 Å². The molecule has 2 heteroatoms. The van der Waals surface area contributed by atoms with Crippen molar-refractivity contribution in [2.45, 2.75) is 11.3 Å². The predicted molar refractivity (Wildman–Crippen MR) is 80.2 cm³/mol. The van der Waals surface area contributed by atoms with Crippen LogP contribution in [0.15, 0.2) is 60.1 Å². The van der Waals surface area contributed by atoms with Crippen molar-refractivity contribution in [2.24, 2.45) is 0 Å². The Morgan fingerprint density at radius 3 is 2.71 bits per heavy atom. The van der Waals surface area contributed by atoms with Gasteiger partial charge in [0.2, 0.25) is 0 Å². The molecule has 0 aromatic heterocycles. The van der Waals surface area contributed by atoms with Crippen molar-refractivity contribution in [3.63, 3.8) is 0 Å². The first-order valence-electron chi connectivity index (χ1n) is 5.50. The summed E-state index contributed by atoms with van der Waals surface area (Å²) in [7, 11) is 4.06. The van der Waals surface area contributed by atoms with Crippen molar-refractivity contribution in [3.8, 4) is 0 Å². The van der Waals surface area contributed by atoms with Gasteiger partial charge in [-0.3, -0.25) is 0 Å². The predicted octanol–water partition coefficient (Wildman–Crippen LogP) is 3.88. The zero-order valence-electron chi connectivity index (χ0n) is 10.5. The number of hydrogen-bond donors (Lipinski definition) is 1. The molecule has 0 radical (unpaired) electrons. The Labute approximate surface area is 110 Å². The van der Waals surface area contributed by atoms with Crippen LogP contribution in [0.2, 0.25) is 0 Å². The number of thiol groups is 1. The molecule has 0 saturated carbocycles. The maximum Gasteiger partial charge on any atom is 0.0364 e. The zero-order valence-corrected chi connectivity index (χ0v) is 11.4. The first kappa shape index (κ1) is 13.7. The third-order valence-corrected chi connectivity index (χ3v) is 2.90. The summed E-state index contributed by atoms with van der Waals surface area (Å²) in [5, 5.41) is 0. The minimum absolute atomic E-state index is 0.810. The first-order chi connectivity index (χ1) is 8.04. The number of benzene rings is 1. The van der Waals surface area contributed by atoms with E-state index in [9.17, 15) is 0 Å². The third-order valence-electron chi connectivity index (χ3n) is 2.46. The second-order valence-electron chi connectivity index (χ2n) is 4.14. The lowest BCUT2D eigenvalue weighted by atomic mass is 10.0. The monoisotopic (exact) mass is 245 g/mol. The molecule has 0 fully saturated rings. The molecule has 0 unspecified atom stereocenters. The normalized spacial score (nSPS) is 10.5. The molecule has 90 valence electrons. The van der Waals surface area contributed by atoms with Gasteiger partial charge in [0.15, 0.2) is 0 Å².